The Hall–Kier alpha value is 0.270. The van der Waals surface area contributed by atoms with Crippen LogP contribution in [0.25, 0.3) is 0 Å². The Kier molecular flexibility index (Phi) is 2.18. The first-order chi connectivity index (χ1) is 3.96. The molecule has 0 fully saturated rings. The fourth-order valence-electron chi connectivity index (χ4n) is 0.356. The van der Waals surface area contributed by atoms with E-state index < -0.39 is 17.3 Å². The van der Waals surface area contributed by atoms with Crippen LogP contribution in [0.1, 0.15) is 0 Å². The van der Waals surface area contributed by atoms with Crippen molar-refractivity contribution in [3.05, 3.63) is 0 Å². The van der Waals surface area contributed by atoms with E-state index in [0.717, 1.165) is 0 Å². The van der Waals surface area contributed by atoms with Crippen LogP contribution in [0, 0.1) is 0 Å². The molecule has 0 atom stereocenters. The molecular formula is C4H12FO3PS. The van der Waals surface area contributed by atoms with E-state index >= 15 is 0 Å². The molecule has 0 rings (SSSR count). The van der Waals surface area contributed by atoms with Crippen molar-refractivity contribution in [2.75, 3.05) is 26.7 Å². The average molecular weight is 190 g/mol. The molecule has 0 saturated carbocycles. The standard InChI is InChI=1S/C4H12FO3PS/c1-9(2,3,4)8-10(5,6)7/h1-4H3. The van der Waals surface area contributed by atoms with E-state index in [1.807, 2.05) is 0 Å². The van der Waals surface area contributed by atoms with Crippen LogP contribution in [0.15, 0.2) is 0 Å². The van der Waals surface area contributed by atoms with Crippen molar-refractivity contribution in [2.24, 2.45) is 0 Å². The topological polar surface area (TPSA) is 43.4 Å². The molecule has 0 aliphatic carbocycles. The minimum atomic E-state index is -4.78. The summed E-state index contributed by atoms with van der Waals surface area (Å²) >= 11 is 0. The third-order valence-electron chi connectivity index (χ3n) is 0.387. The molecule has 6 heteroatoms. The Morgan fingerprint density at radius 1 is 1.20 bits per heavy atom. The summed E-state index contributed by atoms with van der Waals surface area (Å²) in [5.41, 5.74) is 0. The van der Waals surface area contributed by atoms with Crippen LogP contribution in [0.4, 0.5) is 3.89 Å². The Balaban J connectivity index is 4.49. The van der Waals surface area contributed by atoms with Crippen LogP contribution in [-0.4, -0.2) is 35.1 Å². The van der Waals surface area contributed by atoms with E-state index in [4.69, 9.17) is 0 Å². The number of rotatable bonds is 2. The molecule has 0 aromatic carbocycles. The predicted octanol–water partition coefficient (Wildman–Crippen LogP) is 1.20. The zero-order valence-electron chi connectivity index (χ0n) is 6.46. The summed E-state index contributed by atoms with van der Waals surface area (Å²) in [5, 5.41) is 0. The maximum atomic E-state index is 11.9. The molecule has 0 N–H and O–H groups in total. The molecule has 0 amide bonds. The molecule has 0 aliphatic heterocycles. The van der Waals surface area contributed by atoms with Crippen molar-refractivity contribution in [1.82, 2.24) is 0 Å². The van der Waals surface area contributed by atoms with E-state index in [2.05, 4.69) is 3.97 Å². The second kappa shape index (κ2) is 2.13. The van der Waals surface area contributed by atoms with Crippen molar-refractivity contribution in [3.8, 4) is 0 Å². The first-order valence-corrected chi connectivity index (χ1v) is 7.88. The summed E-state index contributed by atoms with van der Waals surface area (Å²) in [5.74, 6) is 0. The van der Waals surface area contributed by atoms with Gasteiger partial charge >= 0.3 is 60.3 Å². The molecule has 3 nitrogen and oxygen atoms in total. The van der Waals surface area contributed by atoms with Gasteiger partial charge < -0.3 is 0 Å². The summed E-state index contributed by atoms with van der Waals surface area (Å²) < 4.78 is 36.2. The Morgan fingerprint density at radius 2 is 1.50 bits per heavy atom. The van der Waals surface area contributed by atoms with Crippen molar-refractivity contribution >= 4 is 17.3 Å². The van der Waals surface area contributed by atoms with Gasteiger partial charge in [0.05, 0.1) is 0 Å². The number of hydrogen-bond acceptors (Lipinski definition) is 3. The monoisotopic (exact) mass is 190 g/mol. The third-order valence-corrected chi connectivity index (χ3v) is 3.48. The molecule has 0 saturated heterocycles. The van der Waals surface area contributed by atoms with Crippen LogP contribution in [0.5, 0.6) is 0 Å². The van der Waals surface area contributed by atoms with Gasteiger partial charge in [0.15, 0.2) is 0 Å². The van der Waals surface area contributed by atoms with Crippen molar-refractivity contribution in [2.45, 2.75) is 0 Å². The minimum absolute atomic E-state index is 1.60. The van der Waals surface area contributed by atoms with Gasteiger partial charge in [0.2, 0.25) is 0 Å². The Labute approximate surface area is 61.0 Å². The fourth-order valence-corrected chi connectivity index (χ4v) is 3.21. The van der Waals surface area contributed by atoms with Gasteiger partial charge in [0.1, 0.15) is 0 Å². The van der Waals surface area contributed by atoms with E-state index in [9.17, 15) is 12.3 Å². The van der Waals surface area contributed by atoms with Crippen LogP contribution in [-0.2, 0) is 14.5 Å². The molecule has 64 valence electrons. The van der Waals surface area contributed by atoms with Crippen molar-refractivity contribution in [1.29, 1.82) is 0 Å². The van der Waals surface area contributed by atoms with E-state index in [1.165, 1.54) is 0 Å². The summed E-state index contributed by atoms with van der Waals surface area (Å²) in [6, 6.07) is 0. The van der Waals surface area contributed by atoms with Gasteiger partial charge in [-0.25, -0.2) is 0 Å². The Bertz CT molecular complexity index is 215. The second-order valence-electron chi connectivity index (χ2n) is 3.88. The molecule has 0 heterocycles. The van der Waals surface area contributed by atoms with Gasteiger partial charge in [-0.2, -0.15) is 0 Å². The van der Waals surface area contributed by atoms with Crippen molar-refractivity contribution < 1.29 is 16.3 Å². The first kappa shape index (κ1) is 10.3. The van der Waals surface area contributed by atoms with E-state index in [-0.39, 0.29) is 0 Å². The van der Waals surface area contributed by atoms with Crippen molar-refractivity contribution in [3.63, 3.8) is 0 Å². The van der Waals surface area contributed by atoms with Crippen LogP contribution in [0.2, 0.25) is 0 Å². The van der Waals surface area contributed by atoms with E-state index in [0.29, 0.717) is 0 Å². The third kappa shape index (κ3) is 8.27. The zero-order valence-corrected chi connectivity index (χ0v) is 8.17. The SMILES string of the molecule is CP(C)(C)(C)OS(=O)(=O)F. The molecule has 10 heavy (non-hydrogen) atoms. The second-order valence-corrected chi connectivity index (χ2v) is 12.1. The average Bonchev–Trinajstić information content (AvgIpc) is 1.09. The molecule has 0 radical (unpaired) electrons. The summed E-state index contributed by atoms with van der Waals surface area (Å²) in [7, 11) is -4.78. The fraction of sp³-hybridized carbons (Fsp3) is 1.00. The normalized spacial score (nSPS) is 17.9. The maximum absolute atomic E-state index is 11.9. The summed E-state index contributed by atoms with van der Waals surface area (Å²) in [6.07, 6.45) is 0. The van der Waals surface area contributed by atoms with Crippen LogP contribution >= 0.6 is 6.83 Å². The van der Waals surface area contributed by atoms with Gasteiger partial charge in [-0.15, -0.1) is 0 Å². The molecule has 0 aliphatic rings. The quantitative estimate of drug-likeness (QED) is 0.485. The summed E-state index contributed by atoms with van der Waals surface area (Å²) in [4.78, 5) is 0. The molecular weight excluding hydrogens is 178 g/mol. The first-order valence-electron chi connectivity index (χ1n) is 2.63. The Morgan fingerprint density at radius 3 is 1.50 bits per heavy atom. The van der Waals surface area contributed by atoms with Crippen LogP contribution < -0.4 is 0 Å². The van der Waals surface area contributed by atoms with Gasteiger partial charge in [0.25, 0.3) is 0 Å². The summed E-state index contributed by atoms with van der Waals surface area (Å²) in [6.45, 7) is 3.69. The molecule has 0 aromatic rings. The molecule has 0 unspecified atom stereocenters. The van der Waals surface area contributed by atoms with Gasteiger partial charge in [-0.05, 0) is 0 Å². The zero-order chi connectivity index (χ0) is 8.65. The molecule has 0 spiro atoms. The van der Waals surface area contributed by atoms with Crippen LogP contribution in [0.3, 0.4) is 0 Å². The van der Waals surface area contributed by atoms with Gasteiger partial charge in [-0.3, -0.25) is 0 Å². The predicted molar refractivity (Wildman–Crippen MR) is 41.7 cm³/mol. The number of hydrogen-bond donors (Lipinski definition) is 0. The molecule has 0 bridgehead atoms. The van der Waals surface area contributed by atoms with E-state index in [1.54, 1.807) is 26.7 Å². The van der Waals surface area contributed by atoms with Gasteiger partial charge in [-0.1, -0.05) is 0 Å². The van der Waals surface area contributed by atoms with Gasteiger partial charge in [0, 0.05) is 0 Å². The molecule has 0 aromatic heterocycles. The number of halogens is 1.